The standard InChI is InChI=1S/C17H16N6O2/c1-21-15-14(23-13(9-19-20-23)17(25-2)7-8-17)18-10-22(15)12-6-4-3-5-11(12)16(21)24/h3-6,9-10H,7-8H2,1-2H3. The van der Waals surface area contributed by atoms with Crippen molar-refractivity contribution < 1.29 is 4.74 Å². The van der Waals surface area contributed by atoms with Gasteiger partial charge in [-0.15, -0.1) is 5.10 Å². The maximum absolute atomic E-state index is 12.8. The van der Waals surface area contributed by atoms with E-state index >= 15 is 0 Å². The number of nitrogens with zero attached hydrogens (tertiary/aromatic N) is 6. The lowest BCUT2D eigenvalue weighted by Crippen LogP contribution is -2.21. The van der Waals surface area contributed by atoms with Crippen LogP contribution in [-0.4, -0.2) is 36.1 Å². The second-order valence-corrected chi connectivity index (χ2v) is 6.37. The summed E-state index contributed by atoms with van der Waals surface area (Å²) in [5, 5.41) is 8.91. The summed E-state index contributed by atoms with van der Waals surface area (Å²) in [4.78, 5) is 17.3. The number of fused-ring (bicyclic) bond motifs is 3. The number of imidazole rings is 1. The molecule has 3 aromatic heterocycles. The van der Waals surface area contributed by atoms with Gasteiger partial charge in [-0.05, 0) is 25.0 Å². The van der Waals surface area contributed by atoms with Gasteiger partial charge in [-0.1, -0.05) is 17.3 Å². The number of methoxy groups -OCH3 is 1. The molecule has 1 aliphatic rings. The van der Waals surface area contributed by atoms with Crippen molar-refractivity contribution in [2.45, 2.75) is 18.4 Å². The van der Waals surface area contributed by atoms with Crippen LogP contribution in [-0.2, 0) is 17.4 Å². The molecule has 8 nitrogen and oxygen atoms in total. The van der Waals surface area contributed by atoms with E-state index in [1.807, 2.05) is 28.7 Å². The van der Waals surface area contributed by atoms with E-state index in [1.54, 1.807) is 35.9 Å². The third-order valence-electron chi connectivity index (χ3n) is 5.05. The summed E-state index contributed by atoms with van der Waals surface area (Å²) in [5.41, 5.74) is 1.92. The van der Waals surface area contributed by atoms with Crippen LogP contribution < -0.4 is 5.56 Å². The van der Waals surface area contributed by atoms with Gasteiger partial charge in [-0.2, -0.15) is 4.68 Å². The fourth-order valence-electron chi connectivity index (χ4n) is 3.49. The van der Waals surface area contributed by atoms with Crippen LogP contribution in [0.25, 0.3) is 22.4 Å². The molecular weight excluding hydrogens is 320 g/mol. The van der Waals surface area contributed by atoms with Gasteiger partial charge in [0, 0.05) is 14.2 Å². The zero-order chi connectivity index (χ0) is 17.2. The van der Waals surface area contributed by atoms with E-state index in [2.05, 4.69) is 15.3 Å². The molecule has 0 spiro atoms. The van der Waals surface area contributed by atoms with Gasteiger partial charge in [-0.3, -0.25) is 13.8 Å². The Hall–Kier alpha value is -3.00. The number of hydrogen-bond donors (Lipinski definition) is 0. The highest BCUT2D eigenvalue weighted by Gasteiger charge is 2.48. The summed E-state index contributed by atoms with van der Waals surface area (Å²) in [6, 6.07) is 7.50. The van der Waals surface area contributed by atoms with Crippen LogP contribution in [0.3, 0.4) is 0 Å². The summed E-state index contributed by atoms with van der Waals surface area (Å²) in [6.45, 7) is 0. The van der Waals surface area contributed by atoms with Crippen molar-refractivity contribution in [3.05, 3.63) is 52.8 Å². The van der Waals surface area contributed by atoms with Gasteiger partial charge in [0.15, 0.2) is 11.5 Å². The molecule has 25 heavy (non-hydrogen) atoms. The van der Waals surface area contributed by atoms with Gasteiger partial charge >= 0.3 is 0 Å². The Kier molecular flexibility index (Phi) is 2.73. The smallest absolute Gasteiger partial charge is 0.261 e. The van der Waals surface area contributed by atoms with E-state index in [4.69, 9.17) is 4.74 Å². The van der Waals surface area contributed by atoms with E-state index in [9.17, 15) is 4.79 Å². The van der Waals surface area contributed by atoms with Crippen LogP contribution in [0, 0.1) is 0 Å². The maximum atomic E-state index is 12.8. The average molecular weight is 336 g/mol. The minimum Gasteiger partial charge on any atom is -0.372 e. The van der Waals surface area contributed by atoms with E-state index in [1.165, 1.54) is 0 Å². The third-order valence-corrected chi connectivity index (χ3v) is 5.05. The lowest BCUT2D eigenvalue weighted by Gasteiger charge is -2.14. The molecule has 1 aromatic carbocycles. The number of ether oxygens (including phenoxy) is 1. The second-order valence-electron chi connectivity index (χ2n) is 6.37. The van der Waals surface area contributed by atoms with Crippen molar-refractivity contribution in [3.63, 3.8) is 0 Å². The highest BCUT2D eigenvalue weighted by atomic mass is 16.5. The molecular formula is C17H16N6O2. The van der Waals surface area contributed by atoms with Gasteiger partial charge in [0.25, 0.3) is 5.56 Å². The molecule has 3 heterocycles. The average Bonchev–Trinajstić information content (AvgIpc) is 3.07. The molecule has 126 valence electrons. The quantitative estimate of drug-likeness (QED) is 0.565. The second kappa shape index (κ2) is 4.76. The molecule has 8 heteroatoms. The van der Waals surface area contributed by atoms with Crippen LogP contribution in [0.2, 0.25) is 0 Å². The van der Waals surface area contributed by atoms with Crippen LogP contribution in [0.1, 0.15) is 18.5 Å². The lowest BCUT2D eigenvalue weighted by atomic mass is 10.2. The van der Waals surface area contributed by atoms with Crippen LogP contribution in [0.4, 0.5) is 0 Å². The number of aryl methyl sites for hydroxylation is 1. The molecule has 1 aliphatic carbocycles. The van der Waals surface area contributed by atoms with Gasteiger partial charge in [-0.25, -0.2) is 4.98 Å². The van der Waals surface area contributed by atoms with Gasteiger partial charge in [0.05, 0.1) is 22.8 Å². The Labute approximate surface area is 142 Å². The van der Waals surface area contributed by atoms with Crippen molar-refractivity contribution in [2.75, 3.05) is 7.11 Å². The fourth-order valence-corrected chi connectivity index (χ4v) is 3.49. The highest BCUT2D eigenvalue weighted by Crippen LogP contribution is 2.48. The molecule has 1 saturated carbocycles. The van der Waals surface area contributed by atoms with Crippen LogP contribution in [0.5, 0.6) is 0 Å². The zero-order valence-electron chi connectivity index (χ0n) is 13.9. The van der Waals surface area contributed by atoms with Gasteiger partial charge in [0.2, 0.25) is 0 Å². The van der Waals surface area contributed by atoms with Crippen molar-refractivity contribution in [2.24, 2.45) is 7.05 Å². The first-order valence-corrected chi connectivity index (χ1v) is 8.08. The summed E-state index contributed by atoms with van der Waals surface area (Å²) in [7, 11) is 3.44. The molecule has 0 saturated heterocycles. The maximum Gasteiger partial charge on any atom is 0.261 e. The molecule has 0 radical (unpaired) electrons. The van der Waals surface area contributed by atoms with Crippen molar-refractivity contribution >= 4 is 16.6 Å². The summed E-state index contributed by atoms with van der Waals surface area (Å²) in [6.07, 6.45) is 5.26. The fraction of sp³-hybridized carbons (Fsp3) is 0.294. The molecule has 0 aliphatic heterocycles. The van der Waals surface area contributed by atoms with Gasteiger partial charge in [0.1, 0.15) is 11.9 Å². The predicted molar refractivity (Wildman–Crippen MR) is 90.8 cm³/mol. The van der Waals surface area contributed by atoms with Crippen LogP contribution in [0.15, 0.2) is 41.6 Å². The topological polar surface area (TPSA) is 79.2 Å². The zero-order valence-corrected chi connectivity index (χ0v) is 13.9. The Balaban J connectivity index is 1.86. The summed E-state index contributed by atoms with van der Waals surface area (Å²) < 4.78 is 10.9. The molecule has 4 aromatic rings. The Bertz CT molecular complexity index is 1180. The SMILES string of the molecule is COC1(c2cnnn2-c2ncn3c4ccccc4c(=O)n(C)c23)CC1. The first-order chi connectivity index (χ1) is 12.2. The normalized spacial score (nSPS) is 15.9. The number of hydrogen-bond acceptors (Lipinski definition) is 5. The minimum atomic E-state index is -0.352. The first-order valence-electron chi connectivity index (χ1n) is 8.08. The first kappa shape index (κ1) is 14.4. The highest BCUT2D eigenvalue weighted by molar-refractivity contribution is 5.82. The van der Waals surface area contributed by atoms with Crippen molar-refractivity contribution in [1.29, 1.82) is 0 Å². The summed E-state index contributed by atoms with van der Waals surface area (Å²) in [5.74, 6) is 0.571. The third kappa shape index (κ3) is 1.79. The molecule has 0 unspecified atom stereocenters. The molecule has 0 N–H and O–H groups in total. The number of para-hydroxylation sites is 1. The molecule has 0 atom stereocenters. The van der Waals surface area contributed by atoms with E-state index in [-0.39, 0.29) is 11.2 Å². The number of aromatic nitrogens is 6. The molecule has 1 fully saturated rings. The van der Waals surface area contributed by atoms with Gasteiger partial charge < -0.3 is 4.74 Å². The lowest BCUT2D eigenvalue weighted by molar-refractivity contribution is 0.0729. The van der Waals surface area contributed by atoms with E-state index < -0.39 is 0 Å². The van der Waals surface area contributed by atoms with Crippen molar-refractivity contribution in [1.82, 2.24) is 28.9 Å². The number of rotatable bonds is 3. The number of benzene rings is 1. The van der Waals surface area contributed by atoms with Crippen molar-refractivity contribution in [3.8, 4) is 5.82 Å². The Morgan fingerprint density at radius 2 is 2.04 bits per heavy atom. The largest absolute Gasteiger partial charge is 0.372 e. The Morgan fingerprint density at radius 1 is 1.24 bits per heavy atom. The molecule has 0 bridgehead atoms. The monoisotopic (exact) mass is 336 g/mol. The molecule has 0 amide bonds. The van der Waals surface area contributed by atoms with E-state index in [0.29, 0.717) is 16.9 Å². The Morgan fingerprint density at radius 3 is 2.80 bits per heavy atom. The summed E-state index contributed by atoms with van der Waals surface area (Å²) >= 11 is 0. The predicted octanol–water partition coefficient (Wildman–Crippen LogP) is 1.40. The minimum absolute atomic E-state index is 0.0700. The van der Waals surface area contributed by atoms with E-state index in [0.717, 1.165) is 24.1 Å². The molecule has 5 rings (SSSR count). The van der Waals surface area contributed by atoms with Crippen LogP contribution >= 0.6 is 0 Å².